The third-order valence-corrected chi connectivity index (χ3v) is 18.8. The number of hydrogen-bond donors (Lipinski definition) is 2. The lowest BCUT2D eigenvalue weighted by molar-refractivity contribution is -0.137. The van der Waals surface area contributed by atoms with E-state index >= 15 is 0 Å². The number of hydrogen-bond acceptors (Lipinski definition) is 4. The third-order valence-electron chi connectivity index (χ3n) is 18.8. The molecule has 13 atom stereocenters. The van der Waals surface area contributed by atoms with Crippen LogP contribution in [0, 0.1) is 81.8 Å². The largest absolute Gasteiger partial charge is 0.481 e. The predicted molar refractivity (Wildman–Crippen MR) is 235 cm³/mol. The van der Waals surface area contributed by atoms with Crippen LogP contribution in [0.5, 0.6) is 0 Å². The number of ketones is 1. The summed E-state index contributed by atoms with van der Waals surface area (Å²) < 4.78 is 0. The fraction of sp³-hybridized carbons (Fsp3) is 0.736. The number of carbonyl (C=O) groups excluding carboxylic acids is 1. The number of carbonyl (C=O) groups is 2. The second kappa shape index (κ2) is 17.3. The average molecular weight is 790 g/mol. The molecule has 1 aromatic rings. The molecule has 5 nitrogen and oxygen atoms in total. The van der Waals surface area contributed by atoms with Crippen molar-refractivity contribution in [3.63, 3.8) is 0 Å². The van der Waals surface area contributed by atoms with Crippen LogP contribution in [0.2, 0.25) is 0 Å². The normalized spacial score (nSPS) is 39.1. The molecule has 6 saturated carbocycles. The van der Waals surface area contributed by atoms with Crippen molar-refractivity contribution >= 4 is 17.4 Å². The van der Waals surface area contributed by atoms with E-state index in [1.54, 1.807) is 5.57 Å². The van der Waals surface area contributed by atoms with Crippen LogP contribution in [-0.2, 0) is 9.59 Å². The van der Waals surface area contributed by atoms with E-state index in [1.165, 1.54) is 107 Å². The number of fused-ring (bicyclic) bond motifs is 9. The Labute approximate surface area is 351 Å². The topological polar surface area (TPSA) is 77.8 Å². The smallest absolute Gasteiger partial charge is 0.303 e. The maximum Gasteiger partial charge on any atom is 0.303 e. The van der Waals surface area contributed by atoms with Gasteiger partial charge in [0.1, 0.15) is 0 Å². The fourth-order valence-electron chi connectivity index (χ4n) is 16.0. The Balaban J connectivity index is 0.000000165. The molecule has 1 aromatic carbocycles. The summed E-state index contributed by atoms with van der Waals surface area (Å²) in [7, 11) is 2.03. The summed E-state index contributed by atoms with van der Waals surface area (Å²) in [5, 5.41) is 18.4. The maximum atomic E-state index is 12.1. The van der Waals surface area contributed by atoms with E-state index in [2.05, 4.69) is 61.8 Å². The molecule has 2 N–H and O–H groups in total. The van der Waals surface area contributed by atoms with Crippen molar-refractivity contribution in [2.24, 2.45) is 70.0 Å². The molecule has 316 valence electrons. The Bertz CT molecular complexity index is 1800. The molecule has 0 amide bonds. The maximum absolute atomic E-state index is 12.1. The van der Waals surface area contributed by atoms with Gasteiger partial charge in [0.15, 0.2) is 5.78 Å². The fourth-order valence-corrected chi connectivity index (χ4v) is 16.0. The van der Waals surface area contributed by atoms with Gasteiger partial charge < -0.3 is 15.1 Å². The number of aliphatic hydroxyl groups is 1. The minimum absolute atomic E-state index is 0.162. The van der Waals surface area contributed by atoms with Crippen LogP contribution in [0.3, 0.4) is 0 Å². The highest BCUT2D eigenvalue weighted by Gasteiger charge is 2.60. The van der Waals surface area contributed by atoms with Crippen LogP contribution < -0.4 is 4.90 Å². The standard InChI is InChI=1S/C29H35NO2.C24H40O2/c1-3-4-19-7-12-25-26-13-8-21-17-23(32)11-14-24(21)29(26)28(18-27(19)25)20-5-9-22(10-6-20)30(2)15-16-31;1-16(7-12-22(25)26)19-10-11-20-18-9-8-17-6-4-5-14-23(17,2)21(18)13-15-24(19,20)3/h5-6,9-10,17,19,25-28,31H,7-8,11-16,18H2,1-2H3;16-21H,4-15H2,1-3H3,(H,25,26)/t19?,25?,26?,27?,28-;/m1./s1. The lowest BCUT2D eigenvalue weighted by Gasteiger charge is -2.61. The van der Waals surface area contributed by atoms with Gasteiger partial charge in [-0.05, 0) is 202 Å². The summed E-state index contributed by atoms with van der Waals surface area (Å²) in [4.78, 5) is 25.3. The molecule has 0 heterocycles. The van der Waals surface area contributed by atoms with Crippen LogP contribution in [0.15, 0.2) is 47.1 Å². The molecule has 0 radical (unpaired) electrons. The van der Waals surface area contributed by atoms with Crippen LogP contribution in [0.1, 0.15) is 161 Å². The molecular weight excluding hydrogens is 715 g/mol. The highest BCUT2D eigenvalue weighted by Crippen LogP contribution is 2.68. The molecule has 0 bridgehead atoms. The molecular formula is C53H75NO4. The monoisotopic (exact) mass is 790 g/mol. The molecule has 6 fully saturated rings. The van der Waals surface area contributed by atoms with E-state index < -0.39 is 5.97 Å². The summed E-state index contributed by atoms with van der Waals surface area (Å²) >= 11 is 0. The number of anilines is 1. The van der Waals surface area contributed by atoms with Crippen molar-refractivity contribution < 1.29 is 19.8 Å². The van der Waals surface area contributed by atoms with Gasteiger partial charge in [-0.2, -0.15) is 0 Å². The van der Waals surface area contributed by atoms with E-state index in [0.29, 0.717) is 65.6 Å². The van der Waals surface area contributed by atoms with Gasteiger partial charge >= 0.3 is 5.97 Å². The number of nitrogens with zero attached hydrogens (tertiary/aromatic N) is 1. The van der Waals surface area contributed by atoms with Gasteiger partial charge in [-0.3, -0.25) is 9.59 Å². The van der Waals surface area contributed by atoms with E-state index in [1.807, 2.05) is 20.0 Å². The second-order valence-corrected chi connectivity index (χ2v) is 21.2. The average Bonchev–Trinajstić information content (AvgIpc) is 3.80. The first-order valence-electron chi connectivity index (χ1n) is 24.0. The van der Waals surface area contributed by atoms with Crippen molar-refractivity contribution in [3.05, 3.63) is 52.6 Å². The lowest BCUT2D eigenvalue weighted by atomic mass is 9.44. The predicted octanol–water partition coefficient (Wildman–Crippen LogP) is 11.8. The molecule has 5 heteroatoms. The van der Waals surface area contributed by atoms with Crippen molar-refractivity contribution in [2.45, 2.75) is 156 Å². The van der Waals surface area contributed by atoms with Gasteiger partial charge in [-0.1, -0.05) is 57.2 Å². The van der Waals surface area contributed by atoms with Gasteiger partial charge in [0.05, 0.1) is 6.61 Å². The summed E-state index contributed by atoms with van der Waals surface area (Å²) in [6, 6.07) is 9.03. The van der Waals surface area contributed by atoms with E-state index in [-0.39, 0.29) is 6.61 Å². The Morgan fingerprint density at radius 2 is 1.66 bits per heavy atom. The first-order chi connectivity index (χ1) is 28.0. The molecule has 0 aromatic heterocycles. The quantitative estimate of drug-likeness (QED) is 0.257. The van der Waals surface area contributed by atoms with Gasteiger partial charge in [0, 0.05) is 44.0 Å². The summed E-state index contributed by atoms with van der Waals surface area (Å²) in [5.74, 6) is 14.7. The number of benzene rings is 1. The first-order valence-corrected chi connectivity index (χ1v) is 24.0. The zero-order chi connectivity index (χ0) is 40.8. The van der Waals surface area contributed by atoms with Crippen molar-refractivity contribution in [1.82, 2.24) is 0 Å². The number of rotatable bonds is 8. The highest BCUT2D eigenvalue weighted by molar-refractivity contribution is 5.93. The third kappa shape index (κ3) is 7.69. The highest BCUT2D eigenvalue weighted by atomic mass is 16.4. The molecule has 0 aliphatic heterocycles. The Morgan fingerprint density at radius 1 is 0.879 bits per heavy atom. The van der Waals surface area contributed by atoms with Gasteiger partial charge in [-0.15, -0.1) is 5.92 Å². The van der Waals surface area contributed by atoms with Crippen LogP contribution in [0.4, 0.5) is 5.69 Å². The van der Waals surface area contributed by atoms with Crippen LogP contribution in [0.25, 0.3) is 0 Å². The van der Waals surface area contributed by atoms with Crippen molar-refractivity contribution in [3.8, 4) is 11.8 Å². The first kappa shape index (κ1) is 41.9. The summed E-state index contributed by atoms with van der Waals surface area (Å²) in [6.45, 7) is 10.4. The van der Waals surface area contributed by atoms with E-state index in [9.17, 15) is 14.7 Å². The lowest BCUT2D eigenvalue weighted by Crippen LogP contribution is -2.53. The minimum Gasteiger partial charge on any atom is -0.481 e. The molecule has 8 aliphatic rings. The second-order valence-electron chi connectivity index (χ2n) is 21.2. The number of likely N-dealkylation sites (N-methyl/N-ethyl adjacent to an activating group) is 1. The number of aliphatic carboxylic acids is 1. The molecule has 8 aliphatic carbocycles. The minimum atomic E-state index is -0.621. The Hall–Kier alpha value is -2.84. The van der Waals surface area contributed by atoms with Gasteiger partial charge in [-0.25, -0.2) is 0 Å². The summed E-state index contributed by atoms with van der Waals surface area (Å²) in [5.41, 5.74) is 8.19. The molecule has 58 heavy (non-hydrogen) atoms. The zero-order valence-electron chi connectivity index (χ0n) is 36.7. The summed E-state index contributed by atoms with van der Waals surface area (Å²) in [6.07, 6.45) is 25.3. The molecule has 12 unspecified atom stereocenters. The van der Waals surface area contributed by atoms with E-state index in [0.717, 1.165) is 60.5 Å². The zero-order valence-corrected chi connectivity index (χ0v) is 36.7. The number of carboxylic acid groups (broad SMARTS) is 1. The molecule has 9 rings (SSSR count). The number of aliphatic hydroxyl groups excluding tert-OH is 1. The Morgan fingerprint density at radius 3 is 2.41 bits per heavy atom. The van der Waals surface area contributed by atoms with Crippen LogP contribution >= 0.6 is 0 Å². The van der Waals surface area contributed by atoms with E-state index in [4.69, 9.17) is 5.11 Å². The molecule has 0 saturated heterocycles. The molecule has 0 spiro atoms. The van der Waals surface area contributed by atoms with Gasteiger partial charge in [0.25, 0.3) is 0 Å². The van der Waals surface area contributed by atoms with Crippen molar-refractivity contribution in [2.75, 3.05) is 25.1 Å². The van der Waals surface area contributed by atoms with Crippen LogP contribution in [-0.4, -0.2) is 42.2 Å². The SMILES string of the molecule is CC#CC1CCC2C3CCC4=CC(=O)CCC4=C3[C@@H](c3ccc(N(C)CCO)cc3)CC12.CC(CCC(=O)O)C1CCC2C3CCC4CCCCC4(C)C3CCC12C. The number of allylic oxidation sites excluding steroid dienone is 4. The van der Waals surface area contributed by atoms with Crippen molar-refractivity contribution in [1.29, 1.82) is 0 Å². The number of carboxylic acids is 1. The van der Waals surface area contributed by atoms with Gasteiger partial charge in [0.2, 0.25) is 0 Å². The Kier molecular flexibility index (Phi) is 12.5.